The number of halogens is 4. The van der Waals surface area contributed by atoms with Gasteiger partial charge in [-0.1, -0.05) is 0 Å². The molecule has 9 heteroatoms. The van der Waals surface area contributed by atoms with E-state index in [9.17, 15) is 27.5 Å². The molecule has 3 aliphatic heterocycles. The average Bonchev–Trinajstić information content (AvgIpc) is 2.87. The van der Waals surface area contributed by atoms with Crippen molar-refractivity contribution >= 4 is 17.2 Å². The Morgan fingerprint density at radius 2 is 1.93 bits per heavy atom. The first-order chi connectivity index (χ1) is 13.1. The number of alkyl halides is 3. The fraction of sp³-hybridized carbons (Fsp3) is 0.526. The minimum Gasteiger partial charge on any atom is -0.477 e. The van der Waals surface area contributed by atoms with Gasteiger partial charge in [0.05, 0.1) is 18.8 Å². The zero-order chi connectivity index (χ0) is 20.3. The summed E-state index contributed by atoms with van der Waals surface area (Å²) in [7, 11) is 1.94. The lowest BCUT2D eigenvalue weighted by molar-refractivity contribution is -0.149. The SMILES string of the molecule is CN1[C@@H]2COC[C@H]1CC([N+]1(CC(F)(F)F)C=C(C(=O)O)c3cc(F)ccc31)C2. The number of carbonyl (C=O) groups is 1. The summed E-state index contributed by atoms with van der Waals surface area (Å²) < 4.78 is 59.7. The molecule has 0 aromatic heterocycles. The third-order valence-corrected chi connectivity index (χ3v) is 6.24. The number of piperidine rings is 1. The molecule has 4 atom stereocenters. The van der Waals surface area contributed by atoms with Gasteiger partial charge in [0.2, 0.25) is 0 Å². The molecule has 28 heavy (non-hydrogen) atoms. The van der Waals surface area contributed by atoms with Gasteiger partial charge in [-0.05, 0) is 19.2 Å². The second-order valence-electron chi connectivity index (χ2n) is 7.85. The van der Waals surface area contributed by atoms with Gasteiger partial charge in [-0.25, -0.2) is 9.18 Å². The van der Waals surface area contributed by atoms with Crippen molar-refractivity contribution in [2.24, 2.45) is 0 Å². The topological polar surface area (TPSA) is 49.8 Å². The summed E-state index contributed by atoms with van der Waals surface area (Å²) in [6.07, 6.45) is -2.48. The van der Waals surface area contributed by atoms with Crippen LogP contribution in [-0.2, 0) is 9.53 Å². The number of morpholine rings is 1. The standard InChI is InChI=1S/C19H20F4N2O3/c1-24-12-5-14(6-13(24)9-28-8-12)25(10-19(21,22)23)7-16(18(26)27)15-4-11(20)2-3-17(15)25/h2-4,7,12-14H,5-6,8-10H2,1H3/p+1/t12-,13+,14?,25?. The summed E-state index contributed by atoms with van der Waals surface area (Å²) in [5.74, 6) is -2.03. The molecule has 2 saturated heterocycles. The van der Waals surface area contributed by atoms with E-state index < -0.39 is 35.0 Å². The zero-order valence-electron chi connectivity index (χ0n) is 15.2. The van der Waals surface area contributed by atoms with Crippen LogP contribution in [-0.4, -0.2) is 67.1 Å². The lowest BCUT2D eigenvalue weighted by atomic mass is 9.87. The molecule has 0 aliphatic carbocycles. The molecule has 4 rings (SSSR count). The van der Waals surface area contributed by atoms with E-state index in [-0.39, 0.29) is 28.9 Å². The van der Waals surface area contributed by atoms with E-state index in [1.165, 1.54) is 12.3 Å². The average molecular weight is 401 g/mol. The number of quaternary nitrogens is 1. The molecule has 3 aliphatic rings. The van der Waals surface area contributed by atoms with Gasteiger partial charge in [0.15, 0.2) is 6.54 Å². The first kappa shape index (κ1) is 19.4. The molecule has 1 aromatic rings. The van der Waals surface area contributed by atoms with Gasteiger partial charge in [0, 0.05) is 31.0 Å². The van der Waals surface area contributed by atoms with Crippen LogP contribution in [0.5, 0.6) is 0 Å². The van der Waals surface area contributed by atoms with Gasteiger partial charge in [-0.15, -0.1) is 0 Å². The molecule has 0 saturated carbocycles. The molecule has 152 valence electrons. The molecule has 1 N–H and O–H groups in total. The smallest absolute Gasteiger partial charge is 0.439 e. The van der Waals surface area contributed by atoms with Gasteiger partial charge in [0.1, 0.15) is 29.3 Å². The molecule has 2 bridgehead atoms. The number of nitrogens with zero attached hydrogens (tertiary/aromatic N) is 2. The molecule has 5 nitrogen and oxygen atoms in total. The van der Waals surface area contributed by atoms with Gasteiger partial charge < -0.3 is 9.84 Å². The number of hydrogen-bond donors (Lipinski definition) is 1. The Morgan fingerprint density at radius 1 is 1.29 bits per heavy atom. The molecule has 2 fully saturated rings. The van der Waals surface area contributed by atoms with E-state index in [2.05, 4.69) is 4.90 Å². The fourth-order valence-corrected chi connectivity index (χ4v) is 4.93. The monoisotopic (exact) mass is 401 g/mol. The summed E-state index contributed by atoms with van der Waals surface area (Å²) in [6.45, 7) is -0.361. The van der Waals surface area contributed by atoms with Crippen molar-refractivity contribution in [2.45, 2.75) is 37.1 Å². The summed E-state index contributed by atoms with van der Waals surface area (Å²) in [4.78, 5) is 13.9. The molecule has 0 radical (unpaired) electrons. The molecule has 3 heterocycles. The van der Waals surface area contributed by atoms with Crippen molar-refractivity contribution in [3.63, 3.8) is 0 Å². The minimum atomic E-state index is -4.52. The zero-order valence-corrected chi connectivity index (χ0v) is 15.2. The first-order valence-corrected chi connectivity index (χ1v) is 9.11. The van der Waals surface area contributed by atoms with E-state index >= 15 is 0 Å². The van der Waals surface area contributed by atoms with Crippen molar-refractivity contribution in [1.82, 2.24) is 9.38 Å². The van der Waals surface area contributed by atoms with Gasteiger partial charge in [0.25, 0.3) is 0 Å². The molecule has 1 aromatic carbocycles. The Labute approximate surface area is 159 Å². The third kappa shape index (κ3) is 3.11. The molecule has 0 amide bonds. The Balaban J connectivity index is 1.86. The minimum absolute atomic E-state index is 0.0251. The molecular weight excluding hydrogens is 380 g/mol. The first-order valence-electron chi connectivity index (χ1n) is 9.11. The Kier molecular flexibility index (Phi) is 4.52. The highest BCUT2D eigenvalue weighted by molar-refractivity contribution is 6.19. The number of likely N-dealkylation sites (N-methyl/N-ethyl adjacent to an activating group) is 1. The summed E-state index contributed by atoms with van der Waals surface area (Å²) >= 11 is 0. The molecular formula is C19H21F4N2O3+. The van der Waals surface area contributed by atoms with E-state index in [4.69, 9.17) is 4.74 Å². The predicted octanol–water partition coefficient (Wildman–Crippen LogP) is 3.00. The molecule has 2 unspecified atom stereocenters. The third-order valence-electron chi connectivity index (χ3n) is 6.24. The number of carboxylic acids is 1. The van der Waals surface area contributed by atoms with Gasteiger partial charge in [-0.2, -0.15) is 13.2 Å². The summed E-state index contributed by atoms with van der Waals surface area (Å²) in [5.41, 5.74) is -0.0548. The van der Waals surface area contributed by atoms with Crippen molar-refractivity contribution in [1.29, 1.82) is 0 Å². The van der Waals surface area contributed by atoms with E-state index in [1.54, 1.807) is 0 Å². The Morgan fingerprint density at radius 3 is 2.50 bits per heavy atom. The normalized spacial score (nSPS) is 32.8. The number of rotatable bonds is 3. The fourth-order valence-electron chi connectivity index (χ4n) is 4.93. The number of fused-ring (bicyclic) bond motifs is 3. The van der Waals surface area contributed by atoms with Gasteiger partial charge in [-0.3, -0.25) is 9.38 Å². The van der Waals surface area contributed by atoms with Crippen LogP contribution in [0.3, 0.4) is 0 Å². The van der Waals surface area contributed by atoms with Crippen LogP contribution in [0, 0.1) is 5.82 Å². The lowest BCUT2D eigenvalue weighted by Gasteiger charge is -2.51. The van der Waals surface area contributed by atoms with Crippen LogP contribution in [0.2, 0.25) is 0 Å². The maximum Gasteiger partial charge on any atom is 0.439 e. The van der Waals surface area contributed by atoms with E-state index in [0.29, 0.717) is 26.1 Å². The maximum atomic E-state index is 13.8. The van der Waals surface area contributed by atoms with Crippen molar-refractivity contribution < 1.29 is 32.2 Å². The summed E-state index contributed by atoms with van der Waals surface area (Å²) in [6, 6.07) is 2.87. The van der Waals surface area contributed by atoms with Crippen LogP contribution in [0.1, 0.15) is 18.4 Å². The van der Waals surface area contributed by atoms with Crippen LogP contribution < -0.4 is 4.48 Å². The van der Waals surface area contributed by atoms with Crippen LogP contribution in [0.15, 0.2) is 24.4 Å². The van der Waals surface area contributed by atoms with Crippen molar-refractivity contribution in [3.05, 3.63) is 35.8 Å². The van der Waals surface area contributed by atoms with Crippen LogP contribution in [0.4, 0.5) is 23.2 Å². The summed E-state index contributed by atoms with van der Waals surface area (Å²) in [5, 5.41) is 9.57. The van der Waals surface area contributed by atoms with Crippen LogP contribution >= 0.6 is 0 Å². The quantitative estimate of drug-likeness (QED) is 0.625. The number of hydrogen-bond acceptors (Lipinski definition) is 3. The number of benzene rings is 1. The van der Waals surface area contributed by atoms with Crippen LogP contribution in [0.25, 0.3) is 5.57 Å². The van der Waals surface area contributed by atoms with E-state index in [1.807, 2.05) is 7.05 Å². The van der Waals surface area contributed by atoms with Gasteiger partial charge >= 0.3 is 12.1 Å². The van der Waals surface area contributed by atoms with E-state index in [0.717, 1.165) is 12.1 Å². The maximum absolute atomic E-state index is 13.8. The van der Waals surface area contributed by atoms with Crippen molar-refractivity contribution in [2.75, 3.05) is 26.8 Å². The Bertz CT molecular complexity index is 827. The highest BCUT2D eigenvalue weighted by Crippen LogP contribution is 2.48. The molecule has 0 spiro atoms. The number of ether oxygens (including phenoxy) is 1. The highest BCUT2D eigenvalue weighted by atomic mass is 19.4. The predicted molar refractivity (Wildman–Crippen MR) is 93.9 cm³/mol. The second kappa shape index (κ2) is 6.53. The lowest BCUT2D eigenvalue weighted by Crippen LogP contribution is -2.65. The van der Waals surface area contributed by atoms with Crippen molar-refractivity contribution in [3.8, 4) is 0 Å². The number of aliphatic carboxylic acids is 1. The second-order valence-corrected chi connectivity index (χ2v) is 7.85. The highest BCUT2D eigenvalue weighted by Gasteiger charge is 2.55. The Hall–Kier alpha value is -1.97. The number of carboxylic acid groups (broad SMARTS) is 1. The largest absolute Gasteiger partial charge is 0.477 e.